The molecular formula is C24H34N4O. The quantitative estimate of drug-likeness (QED) is 0.697. The maximum absolute atomic E-state index is 12.2. The first-order valence-corrected chi connectivity index (χ1v) is 10.6. The molecule has 1 fully saturated rings. The molecule has 3 rings (SSSR count). The lowest BCUT2D eigenvalue weighted by Gasteiger charge is -2.36. The van der Waals surface area contributed by atoms with Gasteiger partial charge in [-0.1, -0.05) is 12.1 Å². The Morgan fingerprint density at radius 3 is 2.38 bits per heavy atom. The van der Waals surface area contributed by atoms with Gasteiger partial charge in [-0.25, -0.2) is 0 Å². The van der Waals surface area contributed by atoms with Gasteiger partial charge in [0, 0.05) is 63.8 Å². The standard InChI is InChI=1S/C24H34N4O/c1-20-7-6-8-23(19-20)28-17-15-27(16-18-28)14-5-4-13-25-24(29)21-9-11-22(12-10-21)26(2)3/h6-12,19H,4-5,13-18H2,1-3H3,(H,25,29). The van der Waals surface area contributed by atoms with Gasteiger partial charge in [-0.3, -0.25) is 9.69 Å². The van der Waals surface area contributed by atoms with E-state index in [0.29, 0.717) is 0 Å². The number of hydrogen-bond acceptors (Lipinski definition) is 4. The highest BCUT2D eigenvalue weighted by Crippen LogP contribution is 2.18. The molecule has 1 N–H and O–H groups in total. The van der Waals surface area contributed by atoms with Crippen molar-refractivity contribution in [1.29, 1.82) is 0 Å². The Morgan fingerprint density at radius 2 is 1.72 bits per heavy atom. The third kappa shape index (κ3) is 6.23. The van der Waals surface area contributed by atoms with Crippen LogP contribution in [0, 0.1) is 6.92 Å². The van der Waals surface area contributed by atoms with Crippen LogP contribution in [0.2, 0.25) is 0 Å². The molecule has 0 unspecified atom stereocenters. The number of unbranched alkanes of at least 4 members (excludes halogenated alkanes) is 1. The van der Waals surface area contributed by atoms with Crippen LogP contribution in [0.1, 0.15) is 28.8 Å². The largest absolute Gasteiger partial charge is 0.378 e. The molecule has 0 saturated carbocycles. The van der Waals surface area contributed by atoms with Gasteiger partial charge in [-0.2, -0.15) is 0 Å². The van der Waals surface area contributed by atoms with Crippen LogP contribution < -0.4 is 15.1 Å². The van der Waals surface area contributed by atoms with Crippen LogP contribution in [-0.4, -0.2) is 64.2 Å². The fraction of sp³-hybridized carbons (Fsp3) is 0.458. The van der Waals surface area contributed by atoms with E-state index >= 15 is 0 Å². The average molecular weight is 395 g/mol. The van der Waals surface area contributed by atoms with Gasteiger partial charge in [-0.15, -0.1) is 0 Å². The SMILES string of the molecule is Cc1cccc(N2CCN(CCCCNC(=O)c3ccc(N(C)C)cc3)CC2)c1. The molecule has 0 aromatic heterocycles. The highest BCUT2D eigenvalue weighted by molar-refractivity contribution is 5.94. The summed E-state index contributed by atoms with van der Waals surface area (Å²) in [6, 6.07) is 16.5. The molecule has 5 heteroatoms. The molecule has 156 valence electrons. The molecule has 2 aromatic rings. The van der Waals surface area contributed by atoms with Crippen molar-refractivity contribution in [3.63, 3.8) is 0 Å². The first-order valence-electron chi connectivity index (χ1n) is 10.6. The zero-order chi connectivity index (χ0) is 20.6. The number of carbonyl (C=O) groups excluding carboxylic acids is 1. The number of amides is 1. The predicted molar refractivity (Wildman–Crippen MR) is 122 cm³/mol. The van der Waals surface area contributed by atoms with Gasteiger partial charge in [0.15, 0.2) is 0 Å². The number of hydrogen-bond donors (Lipinski definition) is 1. The van der Waals surface area contributed by atoms with Crippen LogP contribution in [0.4, 0.5) is 11.4 Å². The number of nitrogens with zero attached hydrogens (tertiary/aromatic N) is 3. The zero-order valence-corrected chi connectivity index (χ0v) is 18.0. The smallest absolute Gasteiger partial charge is 0.251 e. The Labute approximate surface area is 175 Å². The van der Waals surface area contributed by atoms with Gasteiger partial charge in [0.2, 0.25) is 0 Å². The van der Waals surface area contributed by atoms with E-state index in [9.17, 15) is 4.79 Å². The van der Waals surface area contributed by atoms with Gasteiger partial charge >= 0.3 is 0 Å². The van der Waals surface area contributed by atoms with E-state index < -0.39 is 0 Å². The molecule has 0 aliphatic carbocycles. The molecular weight excluding hydrogens is 360 g/mol. The molecule has 0 atom stereocenters. The van der Waals surface area contributed by atoms with Crippen molar-refractivity contribution >= 4 is 17.3 Å². The minimum Gasteiger partial charge on any atom is -0.378 e. The van der Waals surface area contributed by atoms with Crippen molar-refractivity contribution in [1.82, 2.24) is 10.2 Å². The van der Waals surface area contributed by atoms with E-state index in [2.05, 4.69) is 46.3 Å². The highest BCUT2D eigenvalue weighted by Gasteiger charge is 2.16. The lowest BCUT2D eigenvalue weighted by molar-refractivity contribution is 0.0952. The monoisotopic (exact) mass is 394 g/mol. The van der Waals surface area contributed by atoms with E-state index in [1.54, 1.807) is 0 Å². The van der Waals surface area contributed by atoms with E-state index in [-0.39, 0.29) is 5.91 Å². The van der Waals surface area contributed by atoms with E-state index in [0.717, 1.165) is 63.4 Å². The van der Waals surface area contributed by atoms with Crippen LogP contribution >= 0.6 is 0 Å². The summed E-state index contributed by atoms with van der Waals surface area (Å²) < 4.78 is 0. The first-order chi connectivity index (χ1) is 14.0. The second-order valence-corrected chi connectivity index (χ2v) is 8.07. The minimum atomic E-state index is 0.0158. The van der Waals surface area contributed by atoms with E-state index in [1.807, 2.05) is 43.3 Å². The molecule has 29 heavy (non-hydrogen) atoms. The lowest BCUT2D eigenvalue weighted by atomic mass is 10.1. The predicted octanol–water partition coefficient (Wildman–Crippen LogP) is 3.39. The van der Waals surface area contributed by atoms with Gasteiger partial charge in [0.1, 0.15) is 0 Å². The summed E-state index contributed by atoms with van der Waals surface area (Å²) in [5.74, 6) is 0.0158. The Morgan fingerprint density at radius 1 is 1.00 bits per heavy atom. The van der Waals surface area contributed by atoms with Crippen LogP contribution in [0.5, 0.6) is 0 Å². The van der Waals surface area contributed by atoms with Crippen molar-refractivity contribution < 1.29 is 4.79 Å². The normalized spacial score (nSPS) is 14.7. The maximum atomic E-state index is 12.2. The van der Waals surface area contributed by atoms with Gasteiger partial charge in [-0.05, 0) is 68.3 Å². The van der Waals surface area contributed by atoms with E-state index in [4.69, 9.17) is 0 Å². The third-order valence-electron chi connectivity index (χ3n) is 5.57. The van der Waals surface area contributed by atoms with Crippen LogP contribution in [-0.2, 0) is 0 Å². The summed E-state index contributed by atoms with van der Waals surface area (Å²) in [7, 11) is 4.00. The molecule has 5 nitrogen and oxygen atoms in total. The fourth-order valence-electron chi connectivity index (χ4n) is 3.73. The molecule has 1 amide bonds. The summed E-state index contributed by atoms with van der Waals surface area (Å²) in [6.07, 6.45) is 2.13. The fourth-order valence-corrected chi connectivity index (χ4v) is 3.73. The van der Waals surface area contributed by atoms with Crippen LogP contribution in [0.3, 0.4) is 0 Å². The second-order valence-electron chi connectivity index (χ2n) is 8.07. The van der Waals surface area contributed by atoms with Crippen molar-refractivity contribution in [2.24, 2.45) is 0 Å². The molecule has 1 heterocycles. The van der Waals surface area contributed by atoms with Crippen LogP contribution in [0.25, 0.3) is 0 Å². The summed E-state index contributed by atoms with van der Waals surface area (Å²) in [6.45, 7) is 8.38. The van der Waals surface area contributed by atoms with Crippen molar-refractivity contribution in [3.05, 3.63) is 59.7 Å². The molecule has 1 aliphatic rings. The number of nitrogens with one attached hydrogen (secondary N) is 1. The minimum absolute atomic E-state index is 0.0158. The second kappa shape index (κ2) is 10.3. The summed E-state index contributed by atoms with van der Waals surface area (Å²) in [5.41, 5.74) is 4.48. The number of piperazine rings is 1. The Balaban J connectivity index is 1.30. The number of carbonyl (C=O) groups is 1. The van der Waals surface area contributed by atoms with Crippen LogP contribution in [0.15, 0.2) is 48.5 Å². The molecule has 0 bridgehead atoms. The summed E-state index contributed by atoms with van der Waals surface area (Å²) in [4.78, 5) is 19.3. The Hall–Kier alpha value is -2.53. The Bertz CT molecular complexity index is 780. The topological polar surface area (TPSA) is 38.8 Å². The lowest BCUT2D eigenvalue weighted by Crippen LogP contribution is -2.46. The molecule has 0 radical (unpaired) electrons. The van der Waals surface area contributed by atoms with Crippen molar-refractivity contribution in [2.75, 3.05) is 63.2 Å². The molecule has 0 spiro atoms. The first kappa shape index (κ1) is 21.2. The number of anilines is 2. The summed E-state index contributed by atoms with van der Waals surface area (Å²) in [5, 5.41) is 3.04. The van der Waals surface area contributed by atoms with Gasteiger partial charge < -0.3 is 15.1 Å². The highest BCUT2D eigenvalue weighted by atomic mass is 16.1. The van der Waals surface area contributed by atoms with Crippen molar-refractivity contribution in [3.8, 4) is 0 Å². The zero-order valence-electron chi connectivity index (χ0n) is 18.0. The van der Waals surface area contributed by atoms with Gasteiger partial charge in [0.05, 0.1) is 0 Å². The van der Waals surface area contributed by atoms with Crippen molar-refractivity contribution in [2.45, 2.75) is 19.8 Å². The Kier molecular flexibility index (Phi) is 7.53. The third-order valence-corrected chi connectivity index (χ3v) is 5.57. The number of benzene rings is 2. The van der Waals surface area contributed by atoms with E-state index in [1.165, 1.54) is 11.3 Å². The number of rotatable bonds is 8. The molecule has 1 saturated heterocycles. The molecule has 1 aliphatic heterocycles. The number of aryl methyl sites for hydroxylation is 1. The maximum Gasteiger partial charge on any atom is 0.251 e. The summed E-state index contributed by atoms with van der Waals surface area (Å²) >= 11 is 0. The molecule has 2 aromatic carbocycles. The van der Waals surface area contributed by atoms with Gasteiger partial charge in [0.25, 0.3) is 5.91 Å². The average Bonchev–Trinajstić information content (AvgIpc) is 2.74.